The molecule has 236 valence electrons. The van der Waals surface area contributed by atoms with Gasteiger partial charge in [0.1, 0.15) is 0 Å². The van der Waals surface area contributed by atoms with Gasteiger partial charge in [0.2, 0.25) is 0 Å². The zero-order valence-corrected chi connectivity index (χ0v) is 22.2. The van der Waals surface area contributed by atoms with E-state index >= 15 is 0 Å². The van der Waals surface area contributed by atoms with Crippen molar-refractivity contribution in [2.24, 2.45) is 0 Å². The minimum Gasteiger partial charge on any atom is -0.479 e. The minimum absolute atomic E-state index is 0.0654. The molecular formula is C26H23F9N2O6. The number of benzene rings is 2. The van der Waals surface area contributed by atoms with E-state index in [0.29, 0.717) is 29.2 Å². The van der Waals surface area contributed by atoms with Gasteiger partial charge in [0.15, 0.2) is 6.61 Å². The molecule has 0 radical (unpaired) electrons. The average molecular weight is 630 g/mol. The van der Waals surface area contributed by atoms with Crippen LogP contribution in [0.2, 0.25) is 0 Å². The number of carboxylic acids is 1. The maximum absolute atomic E-state index is 13.7. The van der Waals surface area contributed by atoms with Crippen molar-refractivity contribution in [1.29, 1.82) is 0 Å². The lowest BCUT2D eigenvalue weighted by Gasteiger charge is -2.43. The number of halogens is 9. The maximum Gasteiger partial charge on any atom is 0.416 e. The molecule has 0 bridgehead atoms. The summed E-state index contributed by atoms with van der Waals surface area (Å²) in [4.78, 5) is 38.2. The Morgan fingerprint density at radius 2 is 1.47 bits per heavy atom. The number of rotatable bonds is 6. The highest BCUT2D eigenvalue weighted by molar-refractivity contribution is 5.91. The summed E-state index contributed by atoms with van der Waals surface area (Å²) >= 11 is 0. The molecule has 1 aliphatic rings. The molecule has 0 aromatic heterocycles. The van der Waals surface area contributed by atoms with E-state index in [9.17, 15) is 53.9 Å². The zero-order chi connectivity index (χ0) is 32.5. The summed E-state index contributed by atoms with van der Waals surface area (Å²) in [5, 5.41) is 8.87. The summed E-state index contributed by atoms with van der Waals surface area (Å²) in [5.74, 6) is -1.53. The van der Waals surface area contributed by atoms with Crippen LogP contribution < -0.4 is 4.90 Å². The van der Waals surface area contributed by atoms with Crippen LogP contribution in [0.25, 0.3) is 0 Å². The number of aliphatic carboxylic acids is 1. The van der Waals surface area contributed by atoms with Crippen molar-refractivity contribution in [2.75, 3.05) is 18.6 Å². The normalized spacial score (nSPS) is 17.2. The van der Waals surface area contributed by atoms with E-state index in [1.807, 2.05) is 0 Å². The SMILES string of the molecule is CCC1CC(N(Cc2cc(C(F)(F)F)cc(C(F)(F)F)c2)C(=O)OC)c2cc(C(F)(F)F)ccc2N1C(=O)OCC(=O)O. The largest absolute Gasteiger partial charge is 0.479 e. The van der Waals surface area contributed by atoms with E-state index in [2.05, 4.69) is 0 Å². The summed E-state index contributed by atoms with van der Waals surface area (Å²) < 4.78 is 131. The molecule has 0 saturated heterocycles. The van der Waals surface area contributed by atoms with Gasteiger partial charge in [0.05, 0.1) is 35.5 Å². The second kappa shape index (κ2) is 12.2. The number of carbonyl (C=O) groups excluding carboxylic acids is 2. The number of methoxy groups -OCH3 is 1. The van der Waals surface area contributed by atoms with E-state index in [-0.39, 0.29) is 30.2 Å². The fraction of sp³-hybridized carbons (Fsp3) is 0.423. The van der Waals surface area contributed by atoms with Gasteiger partial charge in [-0.25, -0.2) is 14.4 Å². The molecule has 8 nitrogen and oxygen atoms in total. The molecule has 43 heavy (non-hydrogen) atoms. The lowest BCUT2D eigenvalue weighted by atomic mass is 9.87. The average Bonchev–Trinajstić information content (AvgIpc) is 2.91. The standard InChI is InChI=1S/C26H23F9N2O6/c1-3-17-10-20(18-9-14(24(27,28)29)4-5-19(18)37(17)23(41)43-12-21(38)39)36(22(40)42-2)11-13-6-15(25(30,31)32)8-16(7-13)26(33,34)35/h4-9,17,20H,3,10-12H2,1-2H3,(H,38,39). The van der Waals surface area contributed by atoms with Crippen molar-refractivity contribution in [3.8, 4) is 0 Å². The number of ether oxygens (including phenoxy) is 2. The number of amides is 2. The van der Waals surface area contributed by atoms with Crippen LogP contribution in [0.1, 0.15) is 53.6 Å². The first-order chi connectivity index (χ1) is 19.8. The van der Waals surface area contributed by atoms with Gasteiger partial charge in [0, 0.05) is 12.6 Å². The minimum atomic E-state index is -5.21. The van der Waals surface area contributed by atoms with Crippen molar-refractivity contribution in [1.82, 2.24) is 4.90 Å². The van der Waals surface area contributed by atoms with Crippen molar-refractivity contribution in [3.05, 3.63) is 64.2 Å². The molecule has 2 unspecified atom stereocenters. The molecule has 3 rings (SSSR count). The monoisotopic (exact) mass is 630 g/mol. The number of fused-ring (bicyclic) bond motifs is 1. The lowest BCUT2D eigenvalue weighted by Crippen LogP contribution is -2.49. The first-order valence-corrected chi connectivity index (χ1v) is 12.3. The van der Waals surface area contributed by atoms with Gasteiger partial charge in [0.25, 0.3) is 0 Å². The van der Waals surface area contributed by atoms with Crippen molar-refractivity contribution in [3.63, 3.8) is 0 Å². The Labute approximate surface area is 237 Å². The molecule has 0 aliphatic carbocycles. The first kappa shape index (κ1) is 33.3. The van der Waals surface area contributed by atoms with Gasteiger partial charge < -0.3 is 14.6 Å². The van der Waals surface area contributed by atoms with E-state index in [1.165, 1.54) is 0 Å². The highest BCUT2D eigenvalue weighted by Gasteiger charge is 2.43. The van der Waals surface area contributed by atoms with Crippen molar-refractivity contribution < 1.29 is 68.5 Å². The van der Waals surface area contributed by atoms with Gasteiger partial charge in [-0.1, -0.05) is 6.92 Å². The fourth-order valence-electron chi connectivity index (χ4n) is 4.72. The molecule has 17 heteroatoms. The second-order valence-electron chi connectivity index (χ2n) is 9.42. The number of nitrogens with zero attached hydrogens (tertiary/aromatic N) is 2. The number of carboxylic acid groups (broad SMARTS) is 1. The molecule has 1 heterocycles. The Kier molecular flexibility index (Phi) is 9.46. The Morgan fingerprint density at radius 1 is 0.907 bits per heavy atom. The van der Waals surface area contributed by atoms with Gasteiger partial charge >= 0.3 is 36.7 Å². The van der Waals surface area contributed by atoms with E-state index in [1.54, 1.807) is 6.92 Å². The third-order valence-electron chi connectivity index (χ3n) is 6.61. The molecule has 1 aliphatic heterocycles. The molecule has 2 atom stereocenters. The van der Waals surface area contributed by atoms with E-state index < -0.39 is 84.2 Å². The highest BCUT2D eigenvalue weighted by atomic mass is 19.4. The maximum atomic E-state index is 13.7. The Hall–Kier alpha value is -4.18. The van der Waals surface area contributed by atoms with Crippen LogP contribution in [0.15, 0.2) is 36.4 Å². The Morgan fingerprint density at radius 3 is 1.93 bits per heavy atom. The van der Waals surface area contributed by atoms with Crippen LogP contribution in [-0.2, 0) is 39.3 Å². The second-order valence-corrected chi connectivity index (χ2v) is 9.42. The van der Waals surface area contributed by atoms with Gasteiger partial charge in [-0.05, 0) is 60.4 Å². The quantitative estimate of drug-likeness (QED) is 0.338. The molecule has 0 saturated carbocycles. The number of hydrogen-bond donors (Lipinski definition) is 1. The molecule has 0 spiro atoms. The fourth-order valence-corrected chi connectivity index (χ4v) is 4.72. The molecule has 0 fully saturated rings. The van der Waals surface area contributed by atoms with Crippen LogP contribution in [0.3, 0.4) is 0 Å². The van der Waals surface area contributed by atoms with Crippen LogP contribution in [0.4, 0.5) is 54.8 Å². The van der Waals surface area contributed by atoms with Gasteiger partial charge in [-0.15, -0.1) is 0 Å². The molecule has 2 aromatic rings. The summed E-state index contributed by atoms with van der Waals surface area (Å²) in [5.41, 5.74) is -5.86. The molecule has 1 N–H and O–H groups in total. The van der Waals surface area contributed by atoms with Crippen LogP contribution >= 0.6 is 0 Å². The molecule has 2 aromatic carbocycles. The van der Waals surface area contributed by atoms with Crippen molar-refractivity contribution >= 4 is 23.8 Å². The van der Waals surface area contributed by atoms with Crippen molar-refractivity contribution in [2.45, 2.75) is 56.9 Å². The van der Waals surface area contributed by atoms with Gasteiger partial charge in [-0.2, -0.15) is 39.5 Å². The number of carbonyl (C=O) groups is 3. The predicted molar refractivity (Wildman–Crippen MR) is 129 cm³/mol. The molecule has 2 amide bonds. The molecular weight excluding hydrogens is 607 g/mol. The summed E-state index contributed by atoms with van der Waals surface area (Å²) in [6.45, 7) is -0.504. The summed E-state index contributed by atoms with van der Waals surface area (Å²) in [6.07, 6.45) is -18.2. The van der Waals surface area contributed by atoms with Crippen LogP contribution in [0.5, 0.6) is 0 Å². The zero-order valence-electron chi connectivity index (χ0n) is 22.2. The topological polar surface area (TPSA) is 96.4 Å². The summed E-state index contributed by atoms with van der Waals surface area (Å²) in [7, 11) is 0.853. The predicted octanol–water partition coefficient (Wildman–Crippen LogP) is 7.26. The van der Waals surface area contributed by atoms with E-state index in [0.717, 1.165) is 18.1 Å². The van der Waals surface area contributed by atoms with Gasteiger partial charge in [-0.3, -0.25) is 9.80 Å². The summed E-state index contributed by atoms with van der Waals surface area (Å²) in [6, 6.07) is 0.254. The number of anilines is 1. The Balaban J connectivity index is 2.21. The Bertz CT molecular complexity index is 1340. The third kappa shape index (κ3) is 7.62. The lowest BCUT2D eigenvalue weighted by molar-refractivity contribution is -0.143. The number of hydrogen-bond acceptors (Lipinski definition) is 5. The first-order valence-electron chi connectivity index (χ1n) is 12.3. The van der Waals surface area contributed by atoms with E-state index in [4.69, 9.17) is 14.6 Å². The third-order valence-corrected chi connectivity index (χ3v) is 6.61. The van der Waals surface area contributed by atoms with Crippen LogP contribution in [0, 0.1) is 0 Å². The smallest absolute Gasteiger partial charge is 0.416 e. The van der Waals surface area contributed by atoms with Crippen LogP contribution in [-0.4, -0.2) is 47.9 Å². The highest BCUT2D eigenvalue weighted by Crippen LogP contribution is 2.45. The number of alkyl halides is 9.